The van der Waals surface area contributed by atoms with E-state index in [-0.39, 0.29) is 22.9 Å². The van der Waals surface area contributed by atoms with E-state index in [2.05, 4.69) is 25.8 Å². The number of aromatic nitrogens is 3. The van der Waals surface area contributed by atoms with Gasteiger partial charge in [-0.15, -0.1) is 0 Å². The number of nitrogen functional groups attached to an aromatic ring is 1. The highest BCUT2D eigenvalue weighted by atomic mass is 19.1. The molecule has 0 atom stereocenters. The van der Waals surface area contributed by atoms with Gasteiger partial charge < -0.3 is 10.5 Å². The number of nitrogens with two attached hydrogens (primary N) is 1. The number of pyridine rings is 1. The molecule has 144 valence electrons. The number of amides is 1. The average molecular weight is 390 g/mol. The van der Waals surface area contributed by atoms with E-state index in [1.807, 2.05) is 24.3 Å². The van der Waals surface area contributed by atoms with Crippen LogP contribution in [-0.2, 0) is 0 Å². The van der Waals surface area contributed by atoms with Crippen LogP contribution in [0.5, 0.6) is 11.6 Å². The maximum atomic E-state index is 13.0. The lowest BCUT2D eigenvalue weighted by Crippen LogP contribution is -2.30. The van der Waals surface area contributed by atoms with Crippen molar-refractivity contribution in [3.63, 3.8) is 0 Å². The third-order valence-electron chi connectivity index (χ3n) is 4.05. The van der Waals surface area contributed by atoms with Crippen molar-refractivity contribution in [2.24, 2.45) is 0 Å². The third kappa shape index (κ3) is 3.88. The predicted octanol–water partition coefficient (Wildman–Crippen LogP) is 3.30. The van der Waals surface area contributed by atoms with Crippen LogP contribution in [0.4, 0.5) is 15.9 Å². The second kappa shape index (κ2) is 7.77. The molecule has 4 rings (SSSR count). The Morgan fingerprint density at radius 2 is 1.79 bits per heavy atom. The van der Waals surface area contributed by atoms with Gasteiger partial charge in [-0.3, -0.25) is 20.6 Å². The Kier molecular flexibility index (Phi) is 4.85. The minimum Gasteiger partial charge on any atom is -0.435 e. The van der Waals surface area contributed by atoms with Gasteiger partial charge in [-0.2, -0.15) is 4.98 Å². The fourth-order valence-corrected chi connectivity index (χ4v) is 2.61. The Hall–Kier alpha value is -4.27. The molecular weight excluding hydrogens is 375 g/mol. The zero-order chi connectivity index (χ0) is 20.2. The molecule has 0 aliphatic carbocycles. The van der Waals surface area contributed by atoms with E-state index >= 15 is 0 Å². The quantitative estimate of drug-likeness (QED) is 0.448. The Morgan fingerprint density at radius 1 is 1.00 bits per heavy atom. The van der Waals surface area contributed by atoms with Gasteiger partial charge in [0.05, 0.1) is 0 Å². The number of hydrogen-bond donors (Lipinski definition) is 3. The highest BCUT2D eigenvalue weighted by Crippen LogP contribution is 2.32. The van der Waals surface area contributed by atoms with Crippen LogP contribution in [0.2, 0.25) is 0 Å². The molecule has 0 saturated heterocycles. The fourth-order valence-electron chi connectivity index (χ4n) is 2.61. The average Bonchev–Trinajstić information content (AvgIpc) is 2.75. The molecule has 0 aliphatic rings. The van der Waals surface area contributed by atoms with E-state index in [0.717, 1.165) is 5.39 Å². The first-order chi connectivity index (χ1) is 14.1. The molecule has 8 nitrogen and oxygen atoms in total. The number of nitrogens with zero attached hydrogens (tertiary/aromatic N) is 3. The second-order valence-electron chi connectivity index (χ2n) is 5.96. The summed E-state index contributed by atoms with van der Waals surface area (Å²) in [5.74, 6) is -0.173. The van der Waals surface area contributed by atoms with E-state index in [1.165, 1.54) is 30.6 Å². The molecule has 4 aromatic rings. The number of anilines is 2. The summed E-state index contributed by atoms with van der Waals surface area (Å²) in [5.41, 5.74) is 12.2. The lowest BCUT2D eigenvalue weighted by molar-refractivity contribution is 0.0962. The summed E-state index contributed by atoms with van der Waals surface area (Å²) in [7, 11) is 0. The molecule has 29 heavy (non-hydrogen) atoms. The topological polar surface area (TPSA) is 115 Å². The van der Waals surface area contributed by atoms with Crippen LogP contribution in [0, 0.1) is 5.82 Å². The number of benzene rings is 2. The number of hydrogen-bond acceptors (Lipinski definition) is 7. The van der Waals surface area contributed by atoms with Gasteiger partial charge in [0.25, 0.3) is 5.91 Å². The molecule has 0 fully saturated rings. The molecule has 0 aliphatic heterocycles. The SMILES string of the molecule is Nc1c(NNC(=O)c2ccc(F)cc2)ncnc1Oc1cccc2cccnc12. The summed E-state index contributed by atoms with van der Waals surface area (Å²) in [6, 6.07) is 14.3. The number of carbonyl (C=O) groups is 1. The molecule has 4 N–H and O–H groups in total. The van der Waals surface area contributed by atoms with Crippen LogP contribution >= 0.6 is 0 Å². The molecule has 2 aromatic heterocycles. The Labute approximate surface area is 164 Å². The molecule has 0 radical (unpaired) electrons. The van der Waals surface area contributed by atoms with Gasteiger partial charge in [0.1, 0.15) is 23.3 Å². The summed E-state index contributed by atoms with van der Waals surface area (Å²) in [6.45, 7) is 0. The molecule has 9 heteroatoms. The molecule has 1 amide bonds. The predicted molar refractivity (Wildman–Crippen MR) is 106 cm³/mol. The lowest BCUT2D eigenvalue weighted by atomic mass is 10.2. The minimum absolute atomic E-state index is 0.0971. The summed E-state index contributed by atoms with van der Waals surface area (Å²) in [6.07, 6.45) is 2.91. The highest BCUT2D eigenvalue weighted by Gasteiger charge is 2.13. The first-order valence-electron chi connectivity index (χ1n) is 8.56. The van der Waals surface area contributed by atoms with Crippen LogP contribution in [-0.4, -0.2) is 20.9 Å². The van der Waals surface area contributed by atoms with Gasteiger partial charge in [0, 0.05) is 17.1 Å². The molecule has 2 aromatic carbocycles. The summed E-state index contributed by atoms with van der Waals surface area (Å²) in [4.78, 5) is 24.5. The van der Waals surface area contributed by atoms with Crippen molar-refractivity contribution in [1.82, 2.24) is 20.4 Å². The van der Waals surface area contributed by atoms with Gasteiger partial charge in [0.15, 0.2) is 11.6 Å². The lowest BCUT2D eigenvalue weighted by Gasteiger charge is -2.13. The smallest absolute Gasteiger partial charge is 0.269 e. The van der Waals surface area contributed by atoms with Gasteiger partial charge >= 0.3 is 0 Å². The van der Waals surface area contributed by atoms with Crippen LogP contribution < -0.4 is 21.3 Å². The minimum atomic E-state index is -0.483. The van der Waals surface area contributed by atoms with Crippen LogP contribution in [0.1, 0.15) is 10.4 Å². The van der Waals surface area contributed by atoms with E-state index in [0.29, 0.717) is 11.3 Å². The van der Waals surface area contributed by atoms with Crippen LogP contribution in [0.25, 0.3) is 10.9 Å². The number of hydrazine groups is 1. The summed E-state index contributed by atoms with van der Waals surface area (Å²) in [5, 5.41) is 0.905. The normalized spacial score (nSPS) is 10.5. The van der Waals surface area contributed by atoms with Crippen molar-refractivity contribution in [1.29, 1.82) is 0 Å². The van der Waals surface area contributed by atoms with E-state index in [4.69, 9.17) is 10.5 Å². The molecule has 0 spiro atoms. The Balaban J connectivity index is 1.53. The first-order valence-corrected chi connectivity index (χ1v) is 8.56. The van der Waals surface area contributed by atoms with E-state index < -0.39 is 11.7 Å². The van der Waals surface area contributed by atoms with Gasteiger partial charge in [-0.05, 0) is 36.4 Å². The van der Waals surface area contributed by atoms with Gasteiger partial charge in [-0.1, -0.05) is 18.2 Å². The van der Waals surface area contributed by atoms with Crippen molar-refractivity contribution < 1.29 is 13.9 Å². The molecule has 0 saturated carbocycles. The van der Waals surface area contributed by atoms with E-state index in [9.17, 15) is 9.18 Å². The number of ether oxygens (including phenoxy) is 1. The third-order valence-corrected chi connectivity index (χ3v) is 4.05. The summed E-state index contributed by atoms with van der Waals surface area (Å²) < 4.78 is 18.8. The zero-order valence-electron chi connectivity index (χ0n) is 15.0. The molecule has 2 heterocycles. The van der Waals surface area contributed by atoms with Gasteiger partial charge in [-0.25, -0.2) is 9.37 Å². The standard InChI is InChI=1S/C20H15FN6O2/c21-14-8-6-13(7-9-14)19(28)27-26-18-16(22)20(25-11-24-18)29-15-5-1-3-12-4-2-10-23-17(12)15/h1-11H,22H2,(H,27,28)(H,24,25,26). The monoisotopic (exact) mass is 390 g/mol. The zero-order valence-corrected chi connectivity index (χ0v) is 15.0. The maximum Gasteiger partial charge on any atom is 0.269 e. The number of nitrogens with one attached hydrogen (secondary N) is 2. The van der Waals surface area contributed by atoms with Crippen molar-refractivity contribution >= 4 is 28.3 Å². The molecular formula is C20H15FN6O2. The van der Waals surface area contributed by atoms with Crippen molar-refractivity contribution in [3.05, 3.63) is 78.5 Å². The van der Waals surface area contributed by atoms with Gasteiger partial charge in [0.2, 0.25) is 5.88 Å². The van der Waals surface area contributed by atoms with Crippen molar-refractivity contribution in [3.8, 4) is 11.6 Å². The Morgan fingerprint density at radius 3 is 2.62 bits per heavy atom. The Bertz CT molecular complexity index is 1180. The second-order valence-corrected chi connectivity index (χ2v) is 5.96. The number of rotatable bonds is 5. The van der Waals surface area contributed by atoms with Crippen LogP contribution in [0.15, 0.2) is 67.1 Å². The number of para-hydroxylation sites is 1. The number of fused-ring (bicyclic) bond motifs is 1. The molecule has 0 unspecified atom stereocenters. The van der Waals surface area contributed by atoms with Crippen molar-refractivity contribution in [2.45, 2.75) is 0 Å². The largest absolute Gasteiger partial charge is 0.435 e. The molecule has 0 bridgehead atoms. The first kappa shape index (κ1) is 18.1. The maximum absolute atomic E-state index is 13.0. The van der Waals surface area contributed by atoms with Crippen molar-refractivity contribution in [2.75, 3.05) is 11.2 Å². The summed E-state index contributed by atoms with van der Waals surface area (Å²) >= 11 is 0. The fraction of sp³-hybridized carbons (Fsp3) is 0. The highest BCUT2D eigenvalue weighted by molar-refractivity contribution is 5.95. The van der Waals surface area contributed by atoms with Crippen LogP contribution in [0.3, 0.4) is 0 Å². The van der Waals surface area contributed by atoms with E-state index in [1.54, 1.807) is 12.3 Å². The number of carbonyl (C=O) groups excluding carboxylic acids is 1. The number of halogens is 1.